The highest BCUT2D eigenvalue weighted by Crippen LogP contribution is 2.63. The molecule has 2 bridgehead atoms. The summed E-state index contributed by atoms with van der Waals surface area (Å²) in [4.78, 5) is 24.5. The van der Waals surface area contributed by atoms with Crippen LogP contribution in [0.1, 0.15) is 64.2 Å². The molecule has 1 fully saturated rings. The number of Topliss-reactive ketones (excluding diaryl/α,β-unsaturated/α-hetero) is 1. The standard InChI is InChI=1S/C27H29F2NO5/c1-6-15-7-9-17(35-21-10-8-16(27(5,28)29)13-20(21)30(33)34)14-18(15)22-23(31)19-11-12-26(4,24(22)32)25(19,2)3/h7-10,13-14,19,31H,6,11-12H2,1-5H3/t19-,26+/m0/s1. The first-order chi connectivity index (χ1) is 16.2. The number of hydrogen-bond acceptors (Lipinski definition) is 5. The number of hydrogen-bond donors (Lipinski definition) is 1. The molecule has 8 heteroatoms. The fourth-order valence-corrected chi connectivity index (χ4v) is 5.52. The van der Waals surface area contributed by atoms with Crippen LogP contribution in [0, 0.1) is 26.9 Å². The fraction of sp³-hybridized carbons (Fsp3) is 0.444. The number of fused-ring (bicyclic) bond motifs is 2. The minimum absolute atomic E-state index is 0.0716. The van der Waals surface area contributed by atoms with E-state index in [1.165, 1.54) is 0 Å². The molecule has 0 unspecified atom stereocenters. The van der Waals surface area contributed by atoms with Crippen LogP contribution in [0.3, 0.4) is 0 Å². The SMILES string of the molecule is CCc1ccc(Oc2ccc(C(C)(F)F)cc2[N+](=O)[O-])cc1C1=C(O)[C@@H]2CC[C@](C)(C1=O)C2(C)C. The summed E-state index contributed by atoms with van der Waals surface area (Å²) in [5, 5.41) is 22.8. The summed E-state index contributed by atoms with van der Waals surface area (Å²) < 4.78 is 33.2. The molecule has 0 heterocycles. The number of ketones is 1. The van der Waals surface area contributed by atoms with Gasteiger partial charge in [0.2, 0.25) is 5.75 Å². The van der Waals surface area contributed by atoms with Gasteiger partial charge in [-0.05, 0) is 60.1 Å². The first-order valence-electron chi connectivity index (χ1n) is 11.7. The quantitative estimate of drug-likeness (QED) is 0.341. The van der Waals surface area contributed by atoms with Crippen molar-refractivity contribution in [3.05, 3.63) is 69.0 Å². The number of allylic oxidation sites excluding steroid dienone is 2. The number of carbonyl (C=O) groups excluding carboxylic acids is 1. The Kier molecular flexibility index (Phi) is 5.77. The molecule has 0 aliphatic heterocycles. The Hall–Kier alpha value is -3.29. The summed E-state index contributed by atoms with van der Waals surface area (Å²) in [6.07, 6.45) is 1.98. The van der Waals surface area contributed by atoms with E-state index in [2.05, 4.69) is 0 Å². The minimum atomic E-state index is -3.24. The largest absolute Gasteiger partial charge is 0.511 e. The van der Waals surface area contributed by atoms with Crippen molar-refractivity contribution >= 4 is 17.0 Å². The van der Waals surface area contributed by atoms with Crippen molar-refractivity contribution < 1.29 is 28.3 Å². The lowest BCUT2D eigenvalue weighted by molar-refractivity contribution is -0.385. The van der Waals surface area contributed by atoms with Gasteiger partial charge in [-0.1, -0.05) is 33.8 Å². The normalized spacial score (nSPS) is 23.5. The maximum absolute atomic E-state index is 13.7. The van der Waals surface area contributed by atoms with Gasteiger partial charge >= 0.3 is 5.69 Å². The van der Waals surface area contributed by atoms with Crippen LogP contribution >= 0.6 is 0 Å². The Morgan fingerprint density at radius 1 is 1.20 bits per heavy atom. The van der Waals surface area contributed by atoms with Crippen molar-refractivity contribution in [1.29, 1.82) is 0 Å². The van der Waals surface area contributed by atoms with E-state index in [4.69, 9.17) is 4.74 Å². The van der Waals surface area contributed by atoms with E-state index >= 15 is 0 Å². The molecule has 2 aliphatic rings. The van der Waals surface area contributed by atoms with Gasteiger partial charge in [-0.15, -0.1) is 0 Å². The van der Waals surface area contributed by atoms with Crippen molar-refractivity contribution in [3.8, 4) is 11.5 Å². The fourth-order valence-electron chi connectivity index (χ4n) is 5.52. The number of aliphatic hydroxyl groups is 1. The molecule has 1 N–H and O–H groups in total. The number of nitro benzene ring substituents is 1. The zero-order valence-electron chi connectivity index (χ0n) is 20.4. The highest BCUT2D eigenvalue weighted by molar-refractivity contribution is 6.25. The first-order valence-corrected chi connectivity index (χ1v) is 11.7. The number of nitro groups is 1. The van der Waals surface area contributed by atoms with Crippen LogP contribution < -0.4 is 4.74 Å². The molecule has 186 valence electrons. The van der Waals surface area contributed by atoms with Gasteiger partial charge in [0.25, 0.3) is 5.92 Å². The number of rotatable bonds is 6. The lowest BCUT2D eigenvalue weighted by Gasteiger charge is -2.45. The molecule has 0 spiro atoms. The van der Waals surface area contributed by atoms with Crippen molar-refractivity contribution in [2.24, 2.45) is 16.7 Å². The van der Waals surface area contributed by atoms with Crippen LogP contribution in [0.25, 0.3) is 5.57 Å². The number of alkyl halides is 2. The van der Waals surface area contributed by atoms with Crippen molar-refractivity contribution in [2.75, 3.05) is 0 Å². The van der Waals surface area contributed by atoms with E-state index in [0.717, 1.165) is 23.8 Å². The van der Waals surface area contributed by atoms with Gasteiger partial charge in [-0.2, -0.15) is 0 Å². The molecule has 1 saturated carbocycles. The lowest BCUT2D eigenvalue weighted by Crippen LogP contribution is -2.45. The van der Waals surface area contributed by atoms with Gasteiger partial charge in [0.1, 0.15) is 11.5 Å². The summed E-state index contributed by atoms with van der Waals surface area (Å²) in [6.45, 7) is 8.57. The van der Waals surface area contributed by atoms with Gasteiger partial charge in [-0.25, -0.2) is 8.78 Å². The topological polar surface area (TPSA) is 89.7 Å². The molecule has 35 heavy (non-hydrogen) atoms. The predicted molar refractivity (Wildman–Crippen MR) is 128 cm³/mol. The maximum atomic E-state index is 13.7. The van der Waals surface area contributed by atoms with Gasteiger partial charge in [0.15, 0.2) is 5.78 Å². The van der Waals surface area contributed by atoms with Crippen molar-refractivity contribution in [3.63, 3.8) is 0 Å². The Morgan fingerprint density at radius 3 is 2.49 bits per heavy atom. The van der Waals surface area contributed by atoms with Crippen LogP contribution in [-0.4, -0.2) is 15.8 Å². The summed E-state index contributed by atoms with van der Waals surface area (Å²) >= 11 is 0. The Labute approximate surface area is 202 Å². The summed E-state index contributed by atoms with van der Waals surface area (Å²) in [5.74, 6) is -3.44. The van der Waals surface area contributed by atoms with E-state index in [9.17, 15) is 28.8 Å². The molecule has 6 nitrogen and oxygen atoms in total. The van der Waals surface area contributed by atoms with Crippen LogP contribution in [-0.2, 0) is 17.1 Å². The molecule has 0 saturated heterocycles. The third-order valence-electron chi connectivity index (χ3n) is 8.16. The third-order valence-corrected chi connectivity index (χ3v) is 8.16. The molecular formula is C27H29F2NO5. The average molecular weight is 486 g/mol. The number of halogens is 2. The van der Waals surface area contributed by atoms with E-state index < -0.39 is 27.5 Å². The number of carbonyl (C=O) groups is 1. The maximum Gasteiger partial charge on any atom is 0.312 e. The molecular weight excluding hydrogens is 456 g/mol. The molecule has 2 aromatic rings. The summed E-state index contributed by atoms with van der Waals surface area (Å²) in [6, 6.07) is 7.99. The second-order valence-corrected chi connectivity index (χ2v) is 10.3. The molecule has 0 amide bonds. The van der Waals surface area contributed by atoms with E-state index in [1.807, 2.05) is 27.7 Å². The van der Waals surface area contributed by atoms with E-state index in [1.54, 1.807) is 18.2 Å². The highest BCUT2D eigenvalue weighted by Gasteiger charge is 2.61. The first kappa shape index (κ1) is 24.8. The van der Waals surface area contributed by atoms with E-state index in [-0.39, 0.29) is 39.9 Å². The van der Waals surface area contributed by atoms with Crippen molar-refractivity contribution in [2.45, 2.75) is 59.8 Å². The van der Waals surface area contributed by atoms with Crippen LogP contribution in [0.5, 0.6) is 11.5 Å². The third kappa shape index (κ3) is 3.79. The van der Waals surface area contributed by atoms with Crippen LogP contribution in [0.15, 0.2) is 42.2 Å². The molecule has 2 aromatic carbocycles. The van der Waals surface area contributed by atoms with E-state index in [0.29, 0.717) is 31.7 Å². The smallest absolute Gasteiger partial charge is 0.312 e. The van der Waals surface area contributed by atoms with Crippen molar-refractivity contribution in [1.82, 2.24) is 0 Å². The van der Waals surface area contributed by atoms with Gasteiger partial charge in [0.05, 0.1) is 10.5 Å². The monoisotopic (exact) mass is 485 g/mol. The Bertz CT molecular complexity index is 1260. The second-order valence-electron chi connectivity index (χ2n) is 10.3. The highest BCUT2D eigenvalue weighted by atomic mass is 19.3. The van der Waals surface area contributed by atoms with Gasteiger partial charge < -0.3 is 9.84 Å². The molecule has 0 radical (unpaired) electrons. The Balaban J connectivity index is 1.80. The van der Waals surface area contributed by atoms with Crippen LogP contribution in [0.4, 0.5) is 14.5 Å². The van der Waals surface area contributed by atoms with Gasteiger partial charge in [0, 0.05) is 29.9 Å². The van der Waals surface area contributed by atoms with Gasteiger partial charge in [-0.3, -0.25) is 14.9 Å². The lowest BCUT2D eigenvalue weighted by atomic mass is 9.58. The number of nitrogens with zero attached hydrogens (tertiary/aromatic N) is 1. The number of ether oxygens (including phenoxy) is 1. The average Bonchev–Trinajstić information content (AvgIpc) is 2.96. The molecule has 0 aromatic heterocycles. The minimum Gasteiger partial charge on any atom is -0.511 e. The number of benzene rings is 2. The number of aryl methyl sites for hydroxylation is 1. The molecule has 4 rings (SSSR count). The van der Waals surface area contributed by atoms with Crippen LogP contribution in [0.2, 0.25) is 0 Å². The zero-order chi connectivity index (χ0) is 25.9. The number of aliphatic hydroxyl groups excluding tert-OH is 1. The molecule has 2 aliphatic carbocycles. The molecule has 2 atom stereocenters. The second kappa shape index (κ2) is 8.14. The Morgan fingerprint density at radius 2 is 1.89 bits per heavy atom. The predicted octanol–water partition coefficient (Wildman–Crippen LogP) is 7.36. The zero-order valence-corrected chi connectivity index (χ0v) is 20.4. The summed E-state index contributed by atoms with van der Waals surface area (Å²) in [5.41, 5.74) is -0.470. The summed E-state index contributed by atoms with van der Waals surface area (Å²) in [7, 11) is 0.